The quantitative estimate of drug-likeness (QED) is 0.524. The fraction of sp³-hybridized carbons (Fsp3) is 0.304. The molecule has 0 spiro atoms. The van der Waals surface area contributed by atoms with Crippen molar-refractivity contribution >= 4 is 34.3 Å². The van der Waals surface area contributed by atoms with Gasteiger partial charge in [0.2, 0.25) is 5.91 Å². The summed E-state index contributed by atoms with van der Waals surface area (Å²) in [5.74, 6) is 0.177. The number of hydrogen-bond acceptors (Lipinski definition) is 4. The van der Waals surface area contributed by atoms with Crippen molar-refractivity contribution in [1.82, 2.24) is 20.2 Å². The van der Waals surface area contributed by atoms with Gasteiger partial charge >= 0.3 is 0 Å². The first-order valence-electron chi connectivity index (χ1n) is 10.2. The molecule has 0 saturated carbocycles. The van der Waals surface area contributed by atoms with E-state index < -0.39 is 0 Å². The predicted molar refractivity (Wildman–Crippen MR) is 121 cm³/mol. The van der Waals surface area contributed by atoms with Crippen molar-refractivity contribution in [3.63, 3.8) is 0 Å². The lowest BCUT2D eigenvalue weighted by Crippen LogP contribution is -2.37. The van der Waals surface area contributed by atoms with Crippen LogP contribution < -0.4 is 10.9 Å². The van der Waals surface area contributed by atoms with E-state index in [1.165, 1.54) is 0 Å². The van der Waals surface area contributed by atoms with Crippen LogP contribution in [0.25, 0.3) is 10.9 Å². The van der Waals surface area contributed by atoms with E-state index >= 15 is 0 Å². The lowest BCUT2D eigenvalue weighted by atomic mass is 10.2. The third-order valence-electron chi connectivity index (χ3n) is 4.89. The summed E-state index contributed by atoms with van der Waals surface area (Å²) in [5, 5.41) is 3.89. The molecule has 0 aliphatic carbocycles. The van der Waals surface area contributed by atoms with Gasteiger partial charge in [-0.1, -0.05) is 23.7 Å². The summed E-state index contributed by atoms with van der Waals surface area (Å²) in [6.07, 6.45) is 0.778. The fourth-order valence-corrected chi connectivity index (χ4v) is 3.34. The molecule has 0 fully saturated rings. The number of para-hydroxylation sites is 1. The Labute approximate surface area is 185 Å². The first-order valence-corrected chi connectivity index (χ1v) is 10.5. The Balaban J connectivity index is 1.56. The zero-order chi connectivity index (χ0) is 22.4. The second-order valence-corrected chi connectivity index (χ2v) is 7.95. The zero-order valence-corrected chi connectivity index (χ0v) is 18.3. The van der Waals surface area contributed by atoms with E-state index in [9.17, 15) is 14.4 Å². The van der Waals surface area contributed by atoms with Crippen LogP contribution in [0.2, 0.25) is 5.02 Å². The number of halogens is 1. The van der Waals surface area contributed by atoms with E-state index in [0.29, 0.717) is 40.3 Å². The minimum atomic E-state index is -0.221. The van der Waals surface area contributed by atoms with Gasteiger partial charge in [-0.3, -0.25) is 14.4 Å². The molecular weight excluding hydrogens is 416 g/mol. The summed E-state index contributed by atoms with van der Waals surface area (Å²) in [6, 6.07) is 13.7. The van der Waals surface area contributed by atoms with Gasteiger partial charge in [0.1, 0.15) is 5.82 Å². The van der Waals surface area contributed by atoms with Gasteiger partial charge in [-0.05, 0) is 56.7 Å². The average Bonchev–Trinajstić information content (AvgIpc) is 2.75. The first-order chi connectivity index (χ1) is 14.8. The Morgan fingerprint density at radius 1 is 1.13 bits per heavy atom. The van der Waals surface area contributed by atoms with Gasteiger partial charge in [-0.2, -0.15) is 0 Å². The number of nitrogens with one attached hydrogen (secondary N) is 2. The summed E-state index contributed by atoms with van der Waals surface area (Å²) in [4.78, 5) is 46.1. The van der Waals surface area contributed by atoms with Crippen LogP contribution in [0.5, 0.6) is 0 Å². The lowest BCUT2D eigenvalue weighted by Gasteiger charge is -2.26. The maximum absolute atomic E-state index is 12.8. The van der Waals surface area contributed by atoms with Crippen LogP contribution in [0, 0.1) is 0 Å². The number of H-pyrrole nitrogens is 1. The highest BCUT2D eigenvalue weighted by Gasteiger charge is 2.19. The Kier molecular flexibility index (Phi) is 7.41. The van der Waals surface area contributed by atoms with Crippen LogP contribution in [-0.4, -0.2) is 39.3 Å². The molecule has 0 aliphatic heterocycles. The maximum atomic E-state index is 12.8. The van der Waals surface area contributed by atoms with Crippen LogP contribution in [-0.2, 0) is 11.3 Å². The summed E-state index contributed by atoms with van der Waals surface area (Å²) >= 11 is 5.83. The number of carbonyl (C=O) groups excluding carboxylic acids is 2. The number of benzene rings is 2. The number of fused-ring (bicyclic) bond motifs is 1. The van der Waals surface area contributed by atoms with Gasteiger partial charge in [0.05, 0.1) is 17.4 Å². The highest BCUT2D eigenvalue weighted by molar-refractivity contribution is 6.30. The van der Waals surface area contributed by atoms with Gasteiger partial charge in [-0.15, -0.1) is 0 Å². The van der Waals surface area contributed by atoms with Crippen LogP contribution in [0.3, 0.4) is 0 Å². The monoisotopic (exact) mass is 440 g/mol. The summed E-state index contributed by atoms with van der Waals surface area (Å²) in [6.45, 7) is 4.43. The van der Waals surface area contributed by atoms with Crippen molar-refractivity contribution in [2.24, 2.45) is 0 Å². The van der Waals surface area contributed by atoms with E-state index in [0.717, 1.165) is 0 Å². The first kappa shape index (κ1) is 22.5. The zero-order valence-electron chi connectivity index (χ0n) is 17.5. The van der Waals surface area contributed by atoms with Crippen molar-refractivity contribution in [2.45, 2.75) is 39.3 Å². The highest BCUT2D eigenvalue weighted by atomic mass is 35.5. The fourth-order valence-electron chi connectivity index (χ4n) is 3.22. The molecular formula is C23H25ClN4O3. The Bertz CT molecular complexity index is 1130. The summed E-state index contributed by atoms with van der Waals surface area (Å²) < 4.78 is 0. The van der Waals surface area contributed by atoms with Crippen molar-refractivity contribution in [1.29, 1.82) is 0 Å². The molecule has 0 aliphatic rings. The smallest absolute Gasteiger partial charge is 0.258 e. The average molecular weight is 441 g/mol. The normalized spacial score (nSPS) is 11.0. The molecule has 3 aromatic rings. The summed E-state index contributed by atoms with van der Waals surface area (Å²) in [7, 11) is 0. The Morgan fingerprint density at radius 3 is 2.55 bits per heavy atom. The molecule has 2 amide bonds. The number of carbonyl (C=O) groups is 2. The molecule has 8 heteroatoms. The SMILES string of the molecule is CC(C)N(Cc1nc2ccccc2c(=O)[nH]1)C(=O)CCCNC(=O)c1ccc(Cl)cc1. The molecule has 0 atom stereocenters. The van der Waals surface area contributed by atoms with Crippen LogP contribution in [0.15, 0.2) is 53.3 Å². The van der Waals surface area contributed by atoms with Crippen molar-refractivity contribution < 1.29 is 9.59 Å². The topological polar surface area (TPSA) is 95.2 Å². The van der Waals surface area contributed by atoms with Gasteiger partial charge in [-0.25, -0.2) is 4.98 Å². The molecule has 0 unspecified atom stereocenters. The maximum Gasteiger partial charge on any atom is 0.258 e. The van der Waals surface area contributed by atoms with E-state index in [1.54, 1.807) is 47.4 Å². The molecule has 1 heterocycles. The van der Waals surface area contributed by atoms with Crippen LogP contribution in [0.1, 0.15) is 42.9 Å². The molecule has 0 saturated heterocycles. The number of aromatic amines is 1. The van der Waals surface area contributed by atoms with E-state index in [1.807, 2.05) is 19.9 Å². The second kappa shape index (κ2) is 10.2. The van der Waals surface area contributed by atoms with E-state index in [4.69, 9.17) is 11.6 Å². The van der Waals surface area contributed by atoms with Crippen LogP contribution >= 0.6 is 11.6 Å². The largest absolute Gasteiger partial charge is 0.352 e. The molecule has 162 valence electrons. The van der Waals surface area contributed by atoms with Gasteiger partial charge in [0, 0.05) is 29.6 Å². The van der Waals surface area contributed by atoms with Crippen molar-refractivity contribution in [3.8, 4) is 0 Å². The number of amides is 2. The third-order valence-corrected chi connectivity index (χ3v) is 5.14. The number of rotatable bonds is 8. The molecule has 1 aromatic heterocycles. The van der Waals surface area contributed by atoms with Crippen molar-refractivity contribution in [2.75, 3.05) is 6.54 Å². The molecule has 2 N–H and O–H groups in total. The second-order valence-electron chi connectivity index (χ2n) is 7.51. The van der Waals surface area contributed by atoms with E-state index in [2.05, 4.69) is 15.3 Å². The number of hydrogen-bond donors (Lipinski definition) is 2. The summed E-state index contributed by atoms with van der Waals surface area (Å²) in [5.41, 5.74) is 0.898. The molecule has 31 heavy (non-hydrogen) atoms. The minimum Gasteiger partial charge on any atom is -0.352 e. The molecule has 0 radical (unpaired) electrons. The van der Waals surface area contributed by atoms with Gasteiger partial charge in [0.25, 0.3) is 11.5 Å². The van der Waals surface area contributed by atoms with E-state index in [-0.39, 0.29) is 36.4 Å². The molecule has 0 bridgehead atoms. The highest BCUT2D eigenvalue weighted by Crippen LogP contribution is 2.12. The minimum absolute atomic E-state index is 0.0621. The predicted octanol–water partition coefficient (Wildman–Crippen LogP) is 3.52. The standard InChI is InChI=1S/C23H25ClN4O3/c1-15(2)28(14-20-26-19-7-4-3-6-18(19)23(31)27-20)21(29)8-5-13-25-22(30)16-9-11-17(24)12-10-16/h3-4,6-7,9-12,15H,5,8,13-14H2,1-2H3,(H,25,30)(H,26,27,31). The Morgan fingerprint density at radius 2 is 1.84 bits per heavy atom. The number of nitrogens with zero attached hydrogens (tertiary/aromatic N) is 2. The number of aromatic nitrogens is 2. The van der Waals surface area contributed by atoms with Crippen LogP contribution in [0.4, 0.5) is 0 Å². The molecule has 7 nitrogen and oxygen atoms in total. The molecule has 3 rings (SSSR count). The van der Waals surface area contributed by atoms with Gasteiger partial charge in [0.15, 0.2) is 0 Å². The van der Waals surface area contributed by atoms with Crippen molar-refractivity contribution in [3.05, 3.63) is 75.3 Å². The third kappa shape index (κ3) is 5.92. The molecule has 2 aromatic carbocycles. The Hall–Kier alpha value is -3.19. The van der Waals surface area contributed by atoms with Gasteiger partial charge < -0.3 is 15.2 Å². The lowest BCUT2D eigenvalue weighted by molar-refractivity contribution is -0.133.